The number of hydrogen-bond donors (Lipinski definition) is 2. The number of halogens is 4. The van der Waals surface area contributed by atoms with Crippen LogP contribution in [0.3, 0.4) is 0 Å². The van der Waals surface area contributed by atoms with Gasteiger partial charge in [0.05, 0.1) is 23.2 Å². The average molecular weight is 762 g/mol. The van der Waals surface area contributed by atoms with E-state index in [1.165, 1.54) is 10.7 Å². The monoisotopic (exact) mass is 760 g/mol. The number of nitrogens with zero attached hydrogens (tertiary/aromatic N) is 6. The molecular weight excluding hydrogens is 717 g/mol. The summed E-state index contributed by atoms with van der Waals surface area (Å²) in [5.74, 6) is -0.826. The number of nitrogen functional groups attached to an aromatic ring is 1. The van der Waals surface area contributed by atoms with Crippen molar-refractivity contribution >= 4 is 33.4 Å². The minimum Gasteiger partial charge on any atom is -0.397 e. The van der Waals surface area contributed by atoms with Crippen molar-refractivity contribution in [3.05, 3.63) is 68.5 Å². The van der Waals surface area contributed by atoms with Crippen molar-refractivity contribution in [1.29, 1.82) is 0 Å². The number of piperazine rings is 1. The lowest BCUT2D eigenvalue weighted by Gasteiger charge is -2.42. The highest BCUT2D eigenvalue weighted by Gasteiger charge is 2.37. The standard InChI is InChI=1S/C35H44BrF3N8O3/c1-43-15-17-44(18-16-43)26-7-13-46(14-8-26)33(49)25(19-23-20-28(35(37,38)39)31(40)29(36)21-23)22-30(48)45-11-9-27(10-12-45)47-34(50)41-32(42-47)24-5-3-2-4-6-24/h2-6,20-21,25-27H,7-19,22,40H2,1H3,(H,41,42,50)/t25-/m0/s1. The van der Waals surface area contributed by atoms with Crippen molar-refractivity contribution < 1.29 is 22.8 Å². The van der Waals surface area contributed by atoms with Gasteiger partial charge in [-0.2, -0.15) is 13.2 Å². The summed E-state index contributed by atoms with van der Waals surface area (Å²) >= 11 is 3.16. The van der Waals surface area contributed by atoms with E-state index < -0.39 is 23.3 Å². The van der Waals surface area contributed by atoms with Gasteiger partial charge in [-0.1, -0.05) is 30.3 Å². The summed E-state index contributed by atoms with van der Waals surface area (Å²) < 4.78 is 43.1. The van der Waals surface area contributed by atoms with E-state index in [1.807, 2.05) is 30.3 Å². The fourth-order valence-electron chi connectivity index (χ4n) is 7.46. The lowest BCUT2D eigenvalue weighted by atomic mass is 9.91. The van der Waals surface area contributed by atoms with Gasteiger partial charge in [-0.15, -0.1) is 5.10 Å². The van der Waals surface area contributed by atoms with E-state index in [2.05, 4.69) is 42.9 Å². The molecule has 3 saturated heterocycles. The number of aromatic amines is 1. The normalized spacial score (nSPS) is 19.5. The maximum atomic E-state index is 14.1. The number of likely N-dealkylation sites (tertiary alicyclic amines) is 2. The first-order chi connectivity index (χ1) is 23.9. The molecule has 2 aromatic carbocycles. The van der Waals surface area contributed by atoms with E-state index in [9.17, 15) is 27.6 Å². The zero-order valence-corrected chi connectivity index (χ0v) is 29.8. The van der Waals surface area contributed by atoms with Crippen LogP contribution in [-0.4, -0.2) is 112 Å². The van der Waals surface area contributed by atoms with Crippen molar-refractivity contribution in [1.82, 2.24) is 34.4 Å². The van der Waals surface area contributed by atoms with Crippen LogP contribution in [0, 0.1) is 5.92 Å². The van der Waals surface area contributed by atoms with E-state index in [0.717, 1.165) is 50.7 Å². The number of amides is 2. The Morgan fingerprint density at radius 2 is 1.56 bits per heavy atom. The van der Waals surface area contributed by atoms with Gasteiger partial charge < -0.3 is 20.4 Å². The minimum absolute atomic E-state index is 0.0354. The largest absolute Gasteiger partial charge is 0.418 e. The first-order valence-corrected chi connectivity index (χ1v) is 18.0. The van der Waals surface area contributed by atoms with Crippen molar-refractivity contribution in [3.8, 4) is 11.4 Å². The molecule has 270 valence electrons. The van der Waals surface area contributed by atoms with Crippen LogP contribution in [0.25, 0.3) is 11.4 Å². The zero-order chi connectivity index (χ0) is 35.6. The second-order valence-electron chi connectivity index (χ2n) is 13.7. The first kappa shape index (κ1) is 36.1. The molecule has 0 spiro atoms. The van der Waals surface area contributed by atoms with Crippen LogP contribution < -0.4 is 11.4 Å². The number of carbonyl (C=O) groups is 2. The Balaban J connectivity index is 1.14. The highest BCUT2D eigenvalue weighted by atomic mass is 79.9. The predicted octanol–water partition coefficient (Wildman–Crippen LogP) is 4.25. The highest BCUT2D eigenvalue weighted by Crippen LogP contribution is 2.39. The van der Waals surface area contributed by atoms with E-state index in [0.29, 0.717) is 50.9 Å². The Hall–Kier alpha value is -3.69. The number of piperidine rings is 2. The number of carbonyl (C=O) groups excluding carboxylic acids is 2. The van der Waals surface area contributed by atoms with Crippen LogP contribution >= 0.6 is 15.9 Å². The second kappa shape index (κ2) is 15.3. The summed E-state index contributed by atoms with van der Waals surface area (Å²) in [5, 5.41) is 4.52. The Kier molecular flexibility index (Phi) is 11.0. The smallest absolute Gasteiger partial charge is 0.397 e. The summed E-state index contributed by atoms with van der Waals surface area (Å²) in [6, 6.07) is 12.0. The molecule has 11 nitrogen and oxygen atoms in total. The molecule has 0 saturated carbocycles. The maximum absolute atomic E-state index is 14.1. The Labute approximate surface area is 297 Å². The van der Waals surface area contributed by atoms with Gasteiger partial charge in [0.15, 0.2) is 5.82 Å². The topological polar surface area (TPSA) is 124 Å². The third kappa shape index (κ3) is 8.26. The summed E-state index contributed by atoms with van der Waals surface area (Å²) in [6.45, 7) is 5.79. The number of H-pyrrole nitrogens is 1. The third-order valence-corrected chi connectivity index (χ3v) is 11.1. The SMILES string of the molecule is CN1CCN(C2CCN(C(=O)[C@H](CC(=O)N3CCC(n4nc(-c5ccccc5)[nH]c4=O)CC3)Cc3cc(Br)c(N)c(C(F)(F)F)c3)CC2)CC1. The van der Waals surface area contributed by atoms with Gasteiger partial charge in [0.25, 0.3) is 0 Å². The Bertz CT molecular complexity index is 1710. The van der Waals surface area contributed by atoms with Gasteiger partial charge >= 0.3 is 11.9 Å². The van der Waals surface area contributed by atoms with Gasteiger partial charge in [0.2, 0.25) is 11.8 Å². The molecule has 0 unspecified atom stereocenters. The van der Waals surface area contributed by atoms with Crippen LogP contribution in [0.5, 0.6) is 0 Å². The quantitative estimate of drug-likeness (QED) is 0.329. The molecule has 1 atom stereocenters. The van der Waals surface area contributed by atoms with Gasteiger partial charge in [0.1, 0.15) is 0 Å². The number of aromatic nitrogens is 3. The van der Waals surface area contributed by atoms with E-state index in [-0.39, 0.29) is 46.4 Å². The second-order valence-corrected chi connectivity index (χ2v) is 14.6. The predicted molar refractivity (Wildman–Crippen MR) is 187 cm³/mol. The molecule has 50 heavy (non-hydrogen) atoms. The van der Waals surface area contributed by atoms with Crippen LogP contribution in [0.2, 0.25) is 0 Å². The molecule has 0 aliphatic carbocycles. The number of nitrogens with one attached hydrogen (secondary N) is 1. The average Bonchev–Trinajstić information content (AvgIpc) is 3.50. The number of likely N-dealkylation sites (N-methyl/N-ethyl adjacent to an activating group) is 1. The van der Waals surface area contributed by atoms with E-state index in [4.69, 9.17) is 5.73 Å². The summed E-state index contributed by atoms with van der Waals surface area (Å²) in [4.78, 5) is 51.7. The molecule has 3 aliphatic rings. The van der Waals surface area contributed by atoms with Crippen LogP contribution in [0.1, 0.15) is 49.3 Å². The molecular formula is C35H44BrF3N8O3. The van der Waals surface area contributed by atoms with E-state index in [1.54, 1.807) is 9.80 Å². The molecule has 4 heterocycles. The van der Waals surface area contributed by atoms with Crippen molar-refractivity contribution in [2.75, 3.05) is 65.1 Å². The molecule has 3 N–H and O–H groups in total. The maximum Gasteiger partial charge on any atom is 0.418 e. The number of benzene rings is 2. The number of anilines is 1. The Morgan fingerprint density at radius 1 is 0.940 bits per heavy atom. The lowest BCUT2D eigenvalue weighted by molar-refractivity contribution is -0.143. The number of nitrogens with two attached hydrogens (primary N) is 1. The zero-order valence-electron chi connectivity index (χ0n) is 28.2. The molecule has 2 amide bonds. The molecule has 0 bridgehead atoms. The molecule has 3 aromatic rings. The van der Waals surface area contributed by atoms with Crippen molar-refractivity contribution in [2.24, 2.45) is 5.92 Å². The minimum atomic E-state index is -4.68. The van der Waals surface area contributed by atoms with Crippen molar-refractivity contribution in [2.45, 2.75) is 56.8 Å². The summed E-state index contributed by atoms with van der Waals surface area (Å²) in [6.07, 6.45) is -2.21. The lowest BCUT2D eigenvalue weighted by Crippen LogP contribution is -2.53. The van der Waals surface area contributed by atoms with Gasteiger partial charge in [-0.05, 0) is 72.8 Å². The number of rotatable bonds is 8. The molecule has 0 radical (unpaired) electrons. The van der Waals surface area contributed by atoms with Gasteiger partial charge in [-0.25, -0.2) is 9.48 Å². The summed E-state index contributed by atoms with van der Waals surface area (Å²) in [7, 11) is 2.11. The molecule has 15 heteroatoms. The first-order valence-electron chi connectivity index (χ1n) is 17.3. The highest BCUT2D eigenvalue weighted by molar-refractivity contribution is 9.10. The third-order valence-electron chi connectivity index (χ3n) is 10.4. The molecule has 6 rings (SSSR count). The fraction of sp³-hybridized carbons (Fsp3) is 0.543. The molecule has 1 aromatic heterocycles. The van der Waals surface area contributed by atoms with Crippen LogP contribution in [0.15, 0.2) is 51.7 Å². The Morgan fingerprint density at radius 3 is 2.20 bits per heavy atom. The van der Waals surface area contributed by atoms with Gasteiger partial charge in [-0.3, -0.25) is 19.5 Å². The van der Waals surface area contributed by atoms with Crippen LogP contribution in [-0.2, 0) is 22.2 Å². The number of hydrogen-bond acceptors (Lipinski definition) is 7. The van der Waals surface area contributed by atoms with Crippen molar-refractivity contribution in [3.63, 3.8) is 0 Å². The van der Waals surface area contributed by atoms with Crippen LogP contribution in [0.4, 0.5) is 18.9 Å². The molecule has 3 fully saturated rings. The summed E-state index contributed by atoms with van der Waals surface area (Å²) in [5.41, 5.74) is 5.13. The molecule has 3 aliphatic heterocycles. The van der Waals surface area contributed by atoms with Gasteiger partial charge in [0, 0.05) is 74.9 Å². The fourth-order valence-corrected chi connectivity index (χ4v) is 7.97. The number of alkyl halides is 3. The van der Waals surface area contributed by atoms with E-state index >= 15 is 0 Å².